The second-order valence-corrected chi connectivity index (χ2v) is 8.88. The first kappa shape index (κ1) is 17.9. The van der Waals surface area contributed by atoms with Gasteiger partial charge in [0.2, 0.25) is 10.0 Å². The first-order chi connectivity index (χ1) is 12.9. The number of rotatable bonds is 2. The van der Waals surface area contributed by atoms with Gasteiger partial charge in [0.1, 0.15) is 5.75 Å². The molecule has 7 heteroatoms. The Morgan fingerprint density at radius 2 is 1.74 bits per heavy atom. The molecule has 2 aromatic carbocycles. The van der Waals surface area contributed by atoms with Gasteiger partial charge in [-0.05, 0) is 29.7 Å². The van der Waals surface area contributed by atoms with E-state index >= 15 is 0 Å². The lowest BCUT2D eigenvalue weighted by Gasteiger charge is -2.31. The first-order valence-corrected chi connectivity index (χ1v) is 10.9. The fourth-order valence-corrected chi connectivity index (χ4v) is 4.68. The highest BCUT2D eigenvalue weighted by atomic mass is 32.2. The van der Waals surface area contributed by atoms with Crippen LogP contribution >= 0.6 is 0 Å². The molecule has 0 spiro atoms. The van der Waals surface area contributed by atoms with Crippen molar-refractivity contribution in [2.45, 2.75) is 25.5 Å². The zero-order valence-electron chi connectivity index (χ0n) is 15.2. The summed E-state index contributed by atoms with van der Waals surface area (Å²) in [6.07, 6.45) is 1.62. The third-order valence-electron chi connectivity index (χ3n) is 5.12. The zero-order chi connectivity index (χ0) is 19.0. The zero-order valence-corrected chi connectivity index (χ0v) is 16.0. The van der Waals surface area contributed by atoms with Crippen LogP contribution in [0.5, 0.6) is 5.75 Å². The van der Waals surface area contributed by atoms with Crippen molar-refractivity contribution in [2.24, 2.45) is 0 Å². The third kappa shape index (κ3) is 3.51. The Labute approximate surface area is 159 Å². The SMILES string of the molecule is CS(=O)(=O)N1CC[C@H](C(=O)N2CCc3ccccc3C2)Oc2ccccc21. The molecule has 1 amide bonds. The number of nitrogens with zero attached hydrogens (tertiary/aromatic N) is 2. The highest BCUT2D eigenvalue weighted by Gasteiger charge is 2.34. The normalized spacial score (nSPS) is 19.5. The highest BCUT2D eigenvalue weighted by molar-refractivity contribution is 7.92. The van der Waals surface area contributed by atoms with E-state index in [1.54, 1.807) is 24.3 Å². The summed E-state index contributed by atoms with van der Waals surface area (Å²) >= 11 is 0. The number of carbonyl (C=O) groups is 1. The molecule has 6 nitrogen and oxygen atoms in total. The number of para-hydroxylation sites is 2. The van der Waals surface area contributed by atoms with Crippen molar-refractivity contribution < 1.29 is 17.9 Å². The van der Waals surface area contributed by atoms with E-state index in [4.69, 9.17) is 4.74 Å². The quantitative estimate of drug-likeness (QED) is 0.794. The summed E-state index contributed by atoms with van der Waals surface area (Å²) in [6, 6.07) is 15.1. The molecule has 0 saturated carbocycles. The van der Waals surface area contributed by atoms with Crippen molar-refractivity contribution >= 4 is 21.6 Å². The number of amides is 1. The summed E-state index contributed by atoms with van der Waals surface area (Å²) in [5.41, 5.74) is 2.92. The van der Waals surface area contributed by atoms with Gasteiger partial charge in [-0.25, -0.2) is 8.42 Å². The number of hydrogen-bond acceptors (Lipinski definition) is 4. The van der Waals surface area contributed by atoms with E-state index in [9.17, 15) is 13.2 Å². The van der Waals surface area contributed by atoms with Crippen molar-refractivity contribution in [2.75, 3.05) is 23.7 Å². The van der Waals surface area contributed by atoms with E-state index in [-0.39, 0.29) is 12.5 Å². The van der Waals surface area contributed by atoms with Crippen LogP contribution in [0.25, 0.3) is 0 Å². The Balaban J connectivity index is 1.58. The van der Waals surface area contributed by atoms with Gasteiger partial charge in [-0.1, -0.05) is 36.4 Å². The van der Waals surface area contributed by atoms with Gasteiger partial charge in [0, 0.05) is 26.1 Å². The average molecular weight is 386 g/mol. The Bertz CT molecular complexity index is 973. The molecule has 0 radical (unpaired) electrons. The Hall–Kier alpha value is -2.54. The summed E-state index contributed by atoms with van der Waals surface area (Å²) in [5, 5.41) is 0. The lowest BCUT2D eigenvalue weighted by Crippen LogP contribution is -2.45. The van der Waals surface area contributed by atoms with Gasteiger partial charge >= 0.3 is 0 Å². The topological polar surface area (TPSA) is 66.9 Å². The van der Waals surface area contributed by atoms with Gasteiger partial charge in [0.05, 0.1) is 11.9 Å². The fraction of sp³-hybridized carbons (Fsp3) is 0.350. The van der Waals surface area contributed by atoms with E-state index in [0.29, 0.717) is 30.9 Å². The molecule has 2 heterocycles. The van der Waals surface area contributed by atoms with Crippen LogP contribution in [0.15, 0.2) is 48.5 Å². The number of hydrogen-bond donors (Lipinski definition) is 0. The molecule has 2 aliphatic rings. The van der Waals surface area contributed by atoms with Crippen molar-refractivity contribution in [3.05, 3.63) is 59.7 Å². The molecule has 0 aromatic heterocycles. The number of carbonyl (C=O) groups excluding carboxylic acids is 1. The molecule has 0 saturated heterocycles. The Morgan fingerprint density at radius 1 is 1.04 bits per heavy atom. The monoisotopic (exact) mass is 386 g/mol. The summed E-state index contributed by atoms with van der Waals surface area (Å²) in [6.45, 7) is 1.43. The van der Waals surface area contributed by atoms with Gasteiger partial charge in [-0.2, -0.15) is 0 Å². The van der Waals surface area contributed by atoms with E-state index in [1.165, 1.54) is 16.1 Å². The predicted octanol–water partition coefficient (Wildman–Crippen LogP) is 2.19. The number of sulfonamides is 1. The second-order valence-electron chi connectivity index (χ2n) is 6.98. The van der Waals surface area contributed by atoms with Crippen LogP contribution in [-0.4, -0.2) is 44.7 Å². The van der Waals surface area contributed by atoms with Crippen LogP contribution in [0, 0.1) is 0 Å². The second kappa shape index (κ2) is 6.88. The summed E-state index contributed by atoms with van der Waals surface area (Å²) in [7, 11) is -3.45. The number of fused-ring (bicyclic) bond motifs is 2. The molecule has 27 heavy (non-hydrogen) atoms. The maximum absolute atomic E-state index is 13.1. The van der Waals surface area contributed by atoms with E-state index in [1.807, 2.05) is 23.1 Å². The molecular weight excluding hydrogens is 364 g/mol. The predicted molar refractivity (Wildman–Crippen MR) is 103 cm³/mol. The van der Waals surface area contributed by atoms with E-state index < -0.39 is 16.1 Å². The maximum Gasteiger partial charge on any atom is 0.264 e. The third-order valence-corrected chi connectivity index (χ3v) is 6.30. The van der Waals surface area contributed by atoms with Crippen LogP contribution < -0.4 is 9.04 Å². The molecule has 2 aromatic rings. The molecule has 0 N–H and O–H groups in total. The average Bonchev–Trinajstić information content (AvgIpc) is 2.86. The Kier molecular flexibility index (Phi) is 4.55. The minimum Gasteiger partial charge on any atom is -0.478 e. The summed E-state index contributed by atoms with van der Waals surface area (Å²) in [4.78, 5) is 14.9. The molecule has 0 bridgehead atoms. The molecule has 4 rings (SSSR count). The minimum absolute atomic E-state index is 0.0883. The maximum atomic E-state index is 13.1. The lowest BCUT2D eigenvalue weighted by atomic mass is 9.99. The molecule has 2 aliphatic heterocycles. The largest absolute Gasteiger partial charge is 0.478 e. The molecule has 0 fully saturated rings. The molecular formula is C20H22N2O4S. The molecule has 142 valence electrons. The lowest BCUT2D eigenvalue weighted by molar-refractivity contribution is -0.139. The summed E-state index contributed by atoms with van der Waals surface area (Å²) < 4.78 is 31.7. The Morgan fingerprint density at radius 3 is 2.52 bits per heavy atom. The van der Waals surface area contributed by atoms with Gasteiger partial charge < -0.3 is 9.64 Å². The number of ether oxygens (including phenoxy) is 1. The number of anilines is 1. The standard InChI is InChI=1S/C20H22N2O4S/c1-27(24,25)22-13-11-19(26-18-9-5-4-8-17(18)22)20(23)21-12-10-15-6-2-3-7-16(15)14-21/h2-9,19H,10-14H2,1H3/t19-/m1/s1. The van der Waals surface area contributed by atoms with E-state index in [0.717, 1.165) is 12.0 Å². The van der Waals surface area contributed by atoms with Gasteiger partial charge in [0.25, 0.3) is 5.91 Å². The summed E-state index contributed by atoms with van der Waals surface area (Å²) in [5.74, 6) is 0.339. The first-order valence-electron chi connectivity index (χ1n) is 9.02. The van der Waals surface area contributed by atoms with Gasteiger partial charge in [-0.15, -0.1) is 0 Å². The number of benzene rings is 2. The van der Waals surface area contributed by atoms with Crippen molar-refractivity contribution in [1.82, 2.24) is 4.90 Å². The molecule has 0 aliphatic carbocycles. The van der Waals surface area contributed by atoms with Crippen LogP contribution in [0.2, 0.25) is 0 Å². The van der Waals surface area contributed by atoms with Crippen molar-refractivity contribution in [1.29, 1.82) is 0 Å². The van der Waals surface area contributed by atoms with Crippen LogP contribution in [0.4, 0.5) is 5.69 Å². The minimum atomic E-state index is -3.45. The van der Waals surface area contributed by atoms with Gasteiger partial charge in [-0.3, -0.25) is 9.10 Å². The van der Waals surface area contributed by atoms with Crippen LogP contribution in [0.1, 0.15) is 17.5 Å². The highest BCUT2D eigenvalue weighted by Crippen LogP contribution is 2.34. The van der Waals surface area contributed by atoms with Gasteiger partial charge in [0.15, 0.2) is 6.10 Å². The fourth-order valence-electron chi connectivity index (χ4n) is 3.74. The van der Waals surface area contributed by atoms with Crippen LogP contribution in [0.3, 0.4) is 0 Å². The smallest absolute Gasteiger partial charge is 0.264 e. The molecule has 0 unspecified atom stereocenters. The van der Waals surface area contributed by atoms with Crippen LogP contribution in [-0.2, 0) is 27.8 Å². The molecule has 1 atom stereocenters. The van der Waals surface area contributed by atoms with Crippen molar-refractivity contribution in [3.8, 4) is 5.75 Å². The van der Waals surface area contributed by atoms with E-state index in [2.05, 4.69) is 6.07 Å². The van der Waals surface area contributed by atoms with Crippen molar-refractivity contribution in [3.63, 3.8) is 0 Å².